The molecule has 5 heteroatoms. The lowest BCUT2D eigenvalue weighted by atomic mass is 10.4. The Balaban J connectivity index is 2.43. The van der Waals surface area contributed by atoms with E-state index in [-0.39, 0.29) is 0 Å². The number of aryl methyl sites for hydroxylation is 2. The van der Waals surface area contributed by atoms with Gasteiger partial charge in [0.05, 0.1) is 6.20 Å². The minimum absolute atomic E-state index is 0.764. The Morgan fingerprint density at radius 2 is 2.33 bits per heavy atom. The summed E-state index contributed by atoms with van der Waals surface area (Å²) in [6.45, 7) is 1.95. The van der Waals surface area contributed by atoms with Gasteiger partial charge in [0.1, 0.15) is 5.69 Å². The molecule has 0 spiro atoms. The Bertz CT molecular complexity index is 348. The fourth-order valence-corrected chi connectivity index (χ4v) is 0.999. The first kappa shape index (κ1) is 7.02. The van der Waals surface area contributed by atoms with E-state index in [1.54, 1.807) is 10.9 Å². The summed E-state index contributed by atoms with van der Waals surface area (Å²) in [7, 11) is 1.83. The normalized spacial score (nSPS) is 10.5. The highest BCUT2D eigenvalue weighted by Gasteiger charge is 2.04. The van der Waals surface area contributed by atoms with Gasteiger partial charge in [-0.2, -0.15) is 0 Å². The van der Waals surface area contributed by atoms with Crippen LogP contribution in [0.2, 0.25) is 0 Å². The van der Waals surface area contributed by atoms with E-state index in [2.05, 4.69) is 20.3 Å². The Labute approximate surface area is 69.4 Å². The van der Waals surface area contributed by atoms with Crippen LogP contribution in [-0.2, 0) is 7.05 Å². The second-order valence-corrected chi connectivity index (χ2v) is 2.69. The van der Waals surface area contributed by atoms with Crippen molar-refractivity contribution in [2.24, 2.45) is 7.05 Å². The van der Waals surface area contributed by atoms with Gasteiger partial charge in [-0.25, -0.2) is 4.98 Å². The van der Waals surface area contributed by atoms with E-state index in [1.165, 1.54) is 0 Å². The first-order valence-electron chi connectivity index (χ1n) is 3.64. The molecule has 2 heterocycles. The van der Waals surface area contributed by atoms with Crippen molar-refractivity contribution in [2.75, 3.05) is 0 Å². The Kier molecular flexibility index (Phi) is 1.43. The van der Waals surface area contributed by atoms with Gasteiger partial charge in [-0.05, 0) is 6.92 Å². The molecule has 0 aromatic carbocycles. The van der Waals surface area contributed by atoms with E-state index in [1.807, 2.05) is 20.2 Å². The SMILES string of the molecule is Cc1cnc(-c2cn(C)nn2)[nH]1. The molecule has 0 fully saturated rings. The molecule has 5 nitrogen and oxygen atoms in total. The van der Waals surface area contributed by atoms with Crippen molar-refractivity contribution in [3.63, 3.8) is 0 Å². The molecule has 0 radical (unpaired) electrons. The van der Waals surface area contributed by atoms with Crippen LogP contribution in [0.4, 0.5) is 0 Å². The van der Waals surface area contributed by atoms with Crippen molar-refractivity contribution < 1.29 is 0 Å². The van der Waals surface area contributed by atoms with E-state index < -0.39 is 0 Å². The van der Waals surface area contributed by atoms with Gasteiger partial charge in [-0.3, -0.25) is 4.68 Å². The van der Waals surface area contributed by atoms with Gasteiger partial charge in [0.25, 0.3) is 0 Å². The third kappa shape index (κ3) is 1.09. The Morgan fingerprint density at radius 1 is 1.50 bits per heavy atom. The average Bonchev–Trinajstić information content (AvgIpc) is 2.58. The van der Waals surface area contributed by atoms with Crippen LogP contribution >= 0.6 is 0 Å². The van der Waals surface area contributed by atoms with Crippen LogP contribution < -0.4 is 0 Å². The molecule has 0 unspecified atom stereocenters. The molecule has 2 aromatic rings. The minimum Gasteiger partial charge on any atom is -0.341 e. The summed E-state index contributed by atoms with van der Waals surface area (Å²) in [6, 6.07) is 0. The third-order valence-corrected chi connectivity index (χ3v) is 1.55. The third-order valence-electron chi connectivity index (χ3n) is 1.55. The molecule has 2 aromatic heterocycles. The van der Waals surface area contributed by atoms with Crippen LogP contribution in [0.3, 0.4) is 0 Å². The number of aromatic nitrogens is 5. The molecule has 0 aliphatic heterocycles. The molecular formula is C7H9N5. The Morgan fingerprint density at radius 3 is 2.83 bits per heavy atom. The highest BCUT2D eigenvalue weighted by Crippen LogP contribution is 2.09. The summed E-state index contributed by atoms with van der Waals surface area (Å²) in [6.07, 6.45) is 3.59. The molecule has 0 saturated heterocycles. The number of H-pyrrole nitrogens is 1. The first-order valence-corrected chi connectivity index (χ1v) is 3.64. The maximum atomic E-state index is 4.13. The molecule has 0 aliphatic carbocycles. The summed E-state index contributed by atoms with van der Waals surface area (Å²) >= 11 is 0. The summed E-state index contributed by atoms with van der Waals surface area (Å²) in [5.41, 5.74) is 1.79. The summed E-state index contributed by atoms with van der Waals surface area (Å²) in [5.74, 6) is 0.764. The van der Waals surface area contributed by atoms with Gasteiger partial charge in [0, 0.05) is 18.9 Å². The molecular weight excluding hydrogens is 154 g/mol. The van der Waals surface area contributed by atoms with Crippen LogP contribution in [0.15, 0.2) is 12.4 Å². The van der Waals surface area contributed by atoms with Crippen LogP contribution in [0.1, 0.15) is 5.69 Å². The van der Waals surface area contributed by atoms with Gasteiger partial charge >= 0.3 is 0 Å². The number of hydrogen-bond donors (Lipinski definition) is 1. The molecule has 0 bridgehead atoms. The second kappa shape index (κ2) is 2.44. The number of nitrogens with one attached hydrogen (secondary N) is 1. The van der Waals surface area contributed by atoms with E-state index in [9.17, 15) is 0 Å². The van der Waals surface area contributed by atoms with Crippen LogP contribution in [0.5, 0.6) is 0 Å². The smallest absolute Gasteiger partial charge is 0.159 e. The summed E-state index contributed by atoms with van der Waals surface area (Å²) in [5, 5.41) is 7.73. The zero-order valence-electron chi connectivity index (χ0n) is 6.94. The van der Waals surface area contributed by atoms with Gasteiger partial charge in [-0.15, -0.1) is 5.10 Å². The summed E-state index contributed by atoms with van der Waals surface area (Å²) < 4.78 is 1.65. The van der Waals surface area contributed by atoms with Crippen LogP contribution in [0, 0.1) is 6.92 Å². The quantitative estimate of drug-likeness (QED) is 0.666. The number of aromatic amines is 1. The highest BCUT2D eigenvalue weighted by atomic mass is 15.4. The van der Waals surface area contributed by atoms with Gasteiger partial charge in [0.15, 0.2) is 5.82 Å². The highest BCUT2D eigenvalue weighted by molar-refractivity contribution is 5.46. The minimum atomic E-state index is 0.764. The zero-order valence-corrected chi connectivity index (χ0v) is 6.94. The van der Waals surface area contributed by atoms with E-state index >= 15 is 0 Å². The average molecular weight is 163 g/mol. The fraction of sp³-hybridized carbons (Fsp3) is 0.286. The monoisotopic (exact) mass is 163 g/mol. The lowest BCUT2D eigenvalue weighted by Crippen LogP contribution is -1.85. The van der Waals surface area contributed by atoms with Crippen molar-refractivity contribution in [3.8, 4) is 11.5 Å². The number of imidazole rings is 1. The maximum Gasteiger partial charge on any atom is 0.159 e. The molecule has 2 rings (SSSR count). The molecule has 62 valence electrons. The predicted octanol–water partition coefficient (Wildman–Crippen LogP) is 0.514. The van der Waals surface area contributed by atoms with E-state index in [0.717, 1.165) is 17.2 Å². The summed E-state index contributed by atoms with van der Waals surface area (Å²) in [4.78, 5) is 7.21. The topological polar surface area (TPSA) is 59.4 Å². The molecule has 0 amide bonds. The standard InChI is InChI=1S/C7H9N5/c1-5-3-8-7(9-5)6-4-12(2)11-10-6/h3-4H,1-2H3,(H,8,9). The number of hydrogen-bond acceptors (Lipinski definition) is 3. The number of nitrogens with zero attached hydrogens (tertiary/aromatic N) is 4. The van der Waals surface area contributed by atoms with Crippen molar-refractivity contribution in [1.29, 1.82) is 0 Å². The molecule has 0 saturated carbocycles. The Hall–Kier alpha value is -1.65. The molecule has 1 N–H and O–H groups in total. The predicted molar refractivity (Wildman–Crippen MR) is 43.3 cm³/mol. The molecule has 12 heavy (non-hydrogen) atoms. The first-order chi connectivity index (χ1) is 5.75. The second-order valence-electron chi connectivity index (χ2n) is 2.69. The van der Waals surface area contributed by atoms with Gasteiger partial charge in [-0.1, -0.05) is 5.21 Å². The van der Waals surface area contributed by atoms with Gasteiger partial charge in [0.2, 0.25) is 0 Å². The van der Waals surface area contributed by atoms with E-state index in [0.29, 0.717) is 0 Å². The number of rotatable bonds is 1. The lowest BCUT2D eigenvalue weighted by Gasteiger charge is -1.84. The van der Waals surface area contributed by atoms with Crippen LogP contribution in [0.25, 0.3) is 11.5 Å². The lowest BCUT2D eigenvalue weighted by molar-refractivity contribution is 0.715. The van der Waals surface area contributed by atoms with Crippen LogP contribution in [-0.4, -0.2) is 25.0 Å². The van der Waals surface area contributed by atoms with Crippen molar-refractivity contribution >= 4 is 0 Å². The van der Waals surface area contributed by atoms with Crippen molar-refractivity contribution in [1.82, 2.24) is 25.0 Å². The van der Waals surface area contributed by atoms with Gasteiger partial charge < -0.3 is 4.98 Å². The zero-order chi connectivity index (χ0) is 8.55. The van der Waals surface area contributed by atoms with Crippen molar-refractivity contribution in [3.05, 3.63) is 18.1 Å². The maximum absolute atomic E-state index is 4.13. The molecule has 0 atom stereocenters. The van der Waals surface area contributed by atoms with E-state index in [4.69, 9.17) is 0 Å². The van der Waals surface area contributed by atoms with Crippen molar-refractivity contribution in [2.45, 2.75) is 6.92 Å². The largest absolute Gasteiger partial charge is 0.341 e. The molecule has 0 aliphatic rings. The fourth-order valence-electron chi connectivity index (χ4n) is 0.999.